The summed E-state index contributed by atoms with van der Waals surface area (Å²) in [6, 6.07) is 5.10. The van der Waals surface area contributed by atoms with Gasteiger partial charge >= 0.3 is 6.09 Å². The average molecular weight is 756 g/mol. The molecule has 0 radical (unpaired) electrons. The summed E-state index contributed by atoms with van der Waals surface area (Å²) in [4.78, 5) is 60.7. The number of nitrogens with zero attached hydrogens (tertiary/aromatic N) is 2. The Morgan fingerprint density at radius 2 is 1.92 bits per heavy atom. The minimum atomic E-state index is -4.38. The van der Waals surface area contributed by atoms with E-state index in [9.17, 15) is 37.1 Å². The molecule has 3 aliphatic heterocycles. The third-order valence-corrected chi connectivity index (χ3v) is 13.6. The SMILES string of the molecule is C[C@@H]1CCC=C[C@@H]2C[C@@]2(C(=O)NS(=O)(=O)C2(CF)CC2)NC(=O)[C@@H]2C[C@@H](Oc3nc4c(c5ccccc35)OCCC4)CN2C(=O)[C@@H](NC(=O)O)[C@H](C)C1. The maximum Gasteiger partial charge on any atom is 0.405 e. The van der Waals surface area contributed by atoms with Gasteiger partial charge in [-0.15, -0.1) is 0 Å². The van der Waals surface area contributed by atoms with E-state index in [2.05, 4.69) is 15.4 Å². The van der Waals surface area contributed by atoms with Crippen LogP contribution in [0.4, 0.5) is 9.18 Å². The normalized spacial score (nSPS) is 31.0. The Balaban J connectivity index is 1.23. The lowest BCUT2D eigenvalue weighted by Crippen LogP contribution is -2.59. The Labute approximate surface area is 307 Å². The van der Waals surface area contributed by atoms with E-state index >= 15 is 0 Å². The summed E-state index contributed by atoms with van der Waals surface area (Å²) in [5.41, 5.74) is -0.925. The fourth-order valence-electron chi connectivity index (χ4n) is 8.13. The molecule has 0 bridgehead atoms. The third kappa shape index (κ3) is 7.01. The van der Waals surface area contributed by atoms with Gasteiger partial charge in [-0.05, 0) is 69.3 Å². The molecule has 4 amide bonds. The molecule has 16 heteroatoms. The molecule has 4 heterocycles. The number of ether oxygens (including phenoxy) is 2. The van der Waals surface area contributed by atoms with Crippen LogP contribution in [0.3, 0.4) is 0 Å². The largest absolute Gasteiger partial charge is 0.491 e. The van der Waals surface area contributed by atoms with Crippen LogP contribution < -0.4 is 24.8 Å². The Kier molecular flexibility index (Phi) is 9.79. The zero-order chi connectivity index (χ0) is 37.7. The van der Waals surface area contributed by atoms with Gasteiger partial charge in [-0.1, -0.05) is 44.2 Å². The van der Waals surface area contributed by atoms with Crippen LogP contribution in [0, 0.1) is 17.8 Å². The van der Waals surface area contributed by atoms with Crippen molar-refractivity contribution in [3.63, 3.8) is 0 Å². The number of hydrogen-bond donors (Lipinski definition) is 4. The molecule has 1 aromatic heterocycles. The van der Waals surface area contributed by atoms with Crippen LogP contribution in [0.2, 0.25) is 0 Å². The maximum absolute atomic E-state index is 14.4. The molecule has 14 nitrogen and oxygen atoms in total. The molecule has 7 atom stereocenters. The van der Waals surface area contributed by atoms with Gasteiger partial charge in [-0.2, -0.15) is 0 Å². The lowest BCUT2D eigenvalue weighted by Gasteiger charge is -2.32. The van der Waals surface area contributed by atoms with Gasteiger partial charge in [-0.25, -0.2) is 22.6 Å². The number of pyridine rings is 1. The Bertz CT molecular complexity index is 1960. The number of alkyl halides is 1. The highest BCUT2D eigenvalue weighted by Gasteiger charge is 2.64. The number of rotatable bonds is 7. The zero-order valence-corrected chi connectivity index (χ0v) is 30.6. The number of fused-ring (bicyclic) bond motifs is 5. The molecule has 0 unspecified atom stereocenters. The van der Waals surface area contributed by atoms with Gasteiger partial charge in [0.2, 0.25) is 27.7 Å². The first-order chi connectivity index (χ1) is 25.3. The first-order valence-electron chi connectivity index (χ1n) is 18.4. The van der Waals surface area contributed by atoms with Gasteiger partial charge in [0.05, 0.1) is 18.8 Å². The lowest BCUT2D eigenvalue weighted by atomic mass is 9.88. The third-order valence-electron chi connectivity index (χ3n) is 11.5. The Morgan fingerprint density at radius 3 is 2.64 bits per heavy atom. The van der Waals surface area contributed by atoms with Gasteiger partial charge in [0.25, 0.3) is 5.91 Å². The fraction of sp³-hybridized carbons (Fsp3) is 0.595. The first kappa shape index (κ1) is 36.9. The van der Waals surface area contributed by atoms with Crippen molar-refractivity contribution >= 4 is 44.6 Å². The zero-order valence-electron chi connectivity index (χ0n) is 29.8. The van der Waals surface area contributed by atoms with Crippen molar-refractivity contribution in [3.8, 4) is 11.6 Å². The number of sulfonamides is 1. The highest BCUT2D eigenvalue weighted by atomic mass is 32.2. The topological polar surface area (TPSA) is 193 Å². The molecular weight excluding hydrogens is 709 g/mol. The number of aromatic nitrogens is 1. The van der Waals surface area contributed by atoms with Crippen molar-refractivity contribution in [3.05, 3.63) is 42.1 Å². The van der Waals surface area contributed by atoms with Crippen molar-refractivity contribution in [1.82, 2.24) is 25.2 Å². The minimum Gasteiger partial charge on any atom is -0.491 e. The first-order valence-corrected chi connectivity index (χ1v) is 19.9. The number of allylic oxidation sites excluding steroid dienone is 1. The van der Waals surface area contributed by atoms with Gasteiger partial charge in [0.1, 0.15) is 40.9 Å². The van der Waals surface area contributed by atoms with E-state index < -0.39 is 80.8 Å². The standard InChI is InChI=1S/C37H46FN5O9S/c1-21-8-3-4-9-23-18-37(23,34(46)42-53(49,50)36(20-38)13-14-36)41-31(44)28-17-24(19-43(28)33(45)29(22(2)16-21)40-35(47)48)52-32-26-11-6-5-10-25(26)30-27(39-32)12-7-15-51-30/h4-6,9-11,21-24,28-29,40H,3,7-8,12-20H2,1-2H3,(H,41,44)(H,42,46)(H,47,48)/t21-,22-,23-,24-,28+,29+,37-/m1/s1. The number of halogens is 1. The quantitative estimate of drug-likeness (QED) is 0.305. The number of carboxylic acid groups (broad SMARTS) is 1. The number of hydrogen-bond acceptors (Lipinski definition) is 9. The van der Waals surface area contributed by atoms with E-state index in [-0.39, 0.29) is 38.1 Å². The molecule has 3 fully saturated rings. The Morgan fingerprint density at radius 1 is 1.17 bits per heavy atom. The van der Waals surface area contributed by atoms with Gasteiger partial charge in [0.15, 0.2) is 0 Å². The molecule has 2 aromatic rings. The summed E-state index contributed by atoms with van der Waals surface area (Å²) in [6.07, 6.45) is 5.06. The minimum absolute atomic E-state index is 0.0206. The van der Waals surface area contributed by atoms with E-state index in [1.807, 2.05) is 37.3 Å². The van der Waals surface area contributed by atoms with Crippen LogP contribution in [-0.2, 0) is 30.8 Å². The van der Waals surface area contributed by atoms with Crippen molar-refractivity contribution in [2.24, 2.45) is 17.8 Å². The summed E-state index contributed by atoms with van der Waals surface area (Å²) in [5.74, 6) is -2.19. The van der Waals surface area contributed by atoms with Crippen LogP contribution >= 0.6 is 0 Å². The summed E-state index contributed by atoms with van der Waals surface area (Å²) < 4.78 is 52.9. The van der Waals surface area contributed by atoms with Gasteiger partial charge in [0, 0.05) is 23.1 Å². The summed E-state index contributed by atoms with van der Waals surface area (Å²) >= 11 is 0. The number of amides is 4. The van der Waals surface area contributed by atoms with Crippen LogP contribution in [0.25, 0.3) is 10.8 Å². The van der Waals surface area contributed by atoms with Crippen LogP contribution in [0.15, 0.2) is 36.4 Å². The van der Waals surface area contributed by atoms with Crippen LogP contribution in [0.5, 0.6) is 11.6 Å². The smallest absolute Gasteiger partial charge is 0.405 e. The second-order valence-electron chi connectivity index (χ2n) is 15.4. The predicted molar refractivity (Wildman–Crippen MR) is 190 cm³/mol. The second-order valence-corrected chi connectivity index (χ2v) is 17.5. The lowest BCUT2D eigenvalue weighted by molar-refractivity contribution is -0.142. The average Bonchev–Trinajstić information content (AvgIpc) is 4.03. The molecular formula is C37H46FN5O9S. The van der Waals surface area contributed by atoms with E-state index in [0.717, 1.165) is 17.5 Å². The van der Waals surface area contributed by atoms with Crippen molar-refractivity contribution in [1.29, 1.82) is 0 Å². The molecule has 53 heavy (non-hydrogen) atoms. The highest BCUT2D eigenvalue weighted by molar-refractivity contribution is 7.91. The van der Waals surface area contributed by atoms with Gasteiger partial charge < -0.3 is 30.1 Å². The fourth-order valence-corrected chi connectivity index (χ4v) is 9.56. The number of carbonyl (C=O) groups is 4. The summed E-state index contributed by atoms with van der Waals surface area (Å²) in [7, 11) is -4.38. The van der Waals surface area contributed by atoms with E-state index in [0.29, 0.717) is 49.3 Å². The molecule has 0 spiro atoms. The number of nitrogens with one attached hydrogen (secondary N) is 3. The van der Waals surface area contributed by atoms with Crippen LogP contribution in [-0.4, -0.2) is 95.5 Å². The number of benzene rings is 1. The Hall–Kier alpha value is -4.47. The number of aryl methyl sites for hydroxylation is 1. The molecule has 1 aromatic carbocycles. The maximum atomic E-state index is 14.4. The van der Waals surface area contributed by atoms with E-state index in [1.54, 1.807) is 13.0 Å². The van der Waals surface area contributed by atoms with Crippen molar-refractivity contribution in [2.75, 3.05) is 19.8 Å². The summed E-state index contributed by atoms with van der Waals surface area (Å²) in [6.45, 7) is 3.15. The second kappa shape index (κ2) is 14.1. The molecule has 286 valence electrons. The van der Waals surface area contributed by atoms with Crippen molar-refractivity contribution < 1.29 is 46.6 Å². The molecule has 5 aliphatic rings. The van der Waals surface area contributed by atoms with Gasteiger partial charge in [-0.3, -0.25) is 19.1 Å². The predicted octanol–water partition coefficient (Wildman–Crippen LogP) is 3.38. The molecule has 1 saturated heterocycles. The molecule has 2 aliphatic carbocycles. The van der Waals surface area contributed by atoms with Crippen molar-refractivity contribution in [2.45, 2.75) is 100 Å². The van der Waals surface area contributed by atoms with Crippen LogP contribution in [0.1, 0.15) is 70.9 Å². The highest BCUT2D eigenvalue weighted by Crippen LogP contribution is 2.48. The van der Waals surface area contributed by atoms with E-state index in [4.69, 9.17) is 14.5 Å². The molecule has 4 N–H and O–H groups in total. The molecule has 2 saturated carbocycles. The monoisotopic (exact) mass is 755 g/mol. The summed E-state index contributed by atoms with van der Waals surface area (Å²) in [5, 5.41) is 16.5. The van der Waals surface area contributed by atoms with E-state index in [1.165, 1.54) is 4.90 Å². The number of carbonyl (C=O) groups excluding carboxylic acids is 3. The molecule has 7 rings (SSSR count).